The van der Waals surface area contributed by atoms with Crippen molar-refractivity contribution in [3.63, 3.8) is 0 Å². The molecule has 0 aliphatic carbocycles. The second kappa shape index (κ2) is 4.99. The standard InChI is InChI=1S/C11H13ClN4/c1-2-13-11-5-4-9(12)10(15-11)8-16-7-3-6-14-16/h3-7H,2,8H2,1H3,(H,13,15). The van der Waals surface area contributed by atoms with Gasteiger partial charge in [-0.1, -0.05) is 11.6 Å². The quantitative estimate of drug-likeness (QED) is 0.887. The number of nitrogens with zero attached hydrogens (tertiary/aromatic N) is 3. The summed E-state index contributed by atoms with van der Waals surface area (Å²) < 4.78 is 1.80. The van der Waals surface area contributed by atoms with Crippen LogP contribution in [0.1, 0.15) is 12.6 Å². The highest BCUT2D eigenvalue weighted by Gasteiger charge is 2.04. The highest BCUT2D eigenvalue weighted by atomic mass is 35.5. The fraction of sp³-hybridized carbons (Fsp3) is 0.273. The first kappa shape index (κ1) is 11.0. The van der Waals surface area contributed by atoms with Gasteiger partial charge in [-0.05, 0) is 25.1 Å². The maximum atomic E-state index is 6.08. The minimum absolute atomic E-state index is 0.588. The van der Waals surface area contributed by atoms with Gasteiger partial charge in [-0.25, -0.2) is 4.98 Å². The number of anilines is 1. The number of hydrogen-bond donors (Lipinski definition) is 1. The van der Waals surface area contributed by atoms with E-state index in [2.05, 4.69) is 15.4 Å². The molecule has 2 heterocycles. The number of rotatable bonds is 4. The van der Waals surface area contributed by atoms with Gasteiger partial charge < -0.3 is 5.32 Å². The van der Waals surface area contributed by atoms with Crippen molar-refractivity contribution in [2.75, 3.05) is 11.9 Å². The molecular weight excluding hydrogens is 224 g/mol. The molecule has 1 N–H and O–H groups in total. The molecule has 0 spiro atoms. The fourth-order valence-corrected chi connectivity index (χ4v) is 1.59. The van der Waals surface area contributed by atoms with Gasteiger partial charge in [-0.2, -0.15) is 5.10 Å². The van der Waals surface area contributed by atoms with E-state index in [1.807, 2.05) is 31.3 Å². The average Bonchev–Trinajstić information content (AvgIpc) is 2.76. The maximum Gasteiger partial charge on any atom is 0.126 e. The maximum absolute atomic E-state index is 6.08. The average molecular weight is 237 g/mol. The van der Waals surface area contributed by atoms with Crippen molar-refractivity contribution in [3.8, 4) is 0 Å². The van der Waals surface area contributed by atoms with E-state index in [1.165, 1.54) is 0 Å². The molecular formula is C11H13ClN4. The number of halogens is 1. The van der Waals surface area contributed by atoms with Crippen LogP contribution in [0.2, 0.25) is 5.02 Å². The summed E-state index contributed by atoms with van der Waals surface area (Å²) >= 11 is 6.08. The van der Waals surface area contributed by atoms with Gasteiger partial charge in [-0.3, -0.25) is 4.68 Å². The van der Waals surface area contributed by atoms with Crippen LogP contribution in [0.3, 0.4) is 0 Å². The molecule has 4 nitrogen and oxygen atoms in total. The van der Waals surface area contributed by atoms with Gasteiger partial charge in [0.1, 0.15) is 5.82 Å². The van der Waals surface area contributed by atoms with Crippen LogP contribution in [-0.4, -0.2) is 21.3 Å². The zero-order valence-corrected chi connectivity index (χ0v) is 9.78. The van der Waals surface area contributed by atoms with E-state index in [1.54, 1.807) is 10.9 Å². The third-order valence-electron chi connectivity index (χ3n) is 2.15. The Hall–Kier alpha value is -1.55. The molecule has 0 saturated carbocycles. The topological polar surface area (TPSA) is 42.7 Å². The Labute approximate surface area is 99.3 Å². The summed E-state index contributed by atoms with van der Waals surface area (Å²) in [6.45, 7) is 3.46. The number of nitrogens with one attached hydrogen (secondary N) is 1. The fourth-order valence-electron chi connectivity index (χ4n) is 1.42. The number of aromatic nitrogens is 3. The highest BCUT2D eigenvalue weighted by molar-refractivity contribution is 6.31. The van der Waals surface area contributed by atoms with E-state index in [4.69, 9.17) is 11.6 Å². The van der Waals surface area contributed by atoms with Crippen LogP contribution >= 0.6 is 11.6 Å². The van der Waals surface area contributed by atoms with Crippen LogP contribution in [0.15, 0.2) is 30.6 Å². The van der Waals surface area contributed by atoms with Crippen molar-refractivity contribution in [3.05, 3.63) is 41.3 Å². The van der Waals surface area contributed by atoms with Gasteiger partial charge >= 0.3 is 0 Å². The summed E-state index contributed by atoms with van der Waals surface area (Å²) in [6, 6.07) is 5.60. The molecule has 2 aromatic heterocycles. The minimum Gasteiger partial charge on any atom is -0.370 e. The monoisotopic (exact) mass is 236 g/mol. The van der Waals surface area contributed by atoms with Crippen LogP contribution in [-0.2, 0) is 6.54 Å². The Kier molecular flexibility index (Phi) is 3.41. The molecule has 5 heteroatoms. The molecule has 16 heavy (non-hydrogen) atoms. The van der Waals surface area contributed by atoms with Crippen molar-refractivity contribution >= 4 is 17.4 Å². The molecule has 0 saturated heterocycles. The summed E-state index contributed by atoms with van der Waals surface area (Å²) in [5.41, 5.74) is 0.823. The Morgan fingerprint density at radius 1 is 1.44 bits per heavy atom. The van der Waals surface area contributed by atoms with Gasteiger partial charge in [0.15, 0.2) is 0 Å². The normalized spacial score (nSPS) is 10.4. The summed E-state index contributed by atoms with van der Waals surface area (Å²) in [4.78, 5) is 4.43. The molecule has 2 rings (SSSR count). The summed E-state index contributed by atoms with van der Waals surface area (Å²) in [7, 11) is 0. The first-order valence-electron chi connectivity index (χ1n) is 5.16. The van der Waals surface area contributed by atoms with Crippen LogP contribution in [0.4, 0.5) is 5.82 Å². The molecule has 0 radical (unpaired) electrons. The molecule has 0 aromatic carbocycles. The van der Waals surface area contributed by atoms with E-state index in [0.29, 0.717) is 11.6 Å². The third kappa shape index (κ3) is 2.52. The van der Waals surface area contributed by atoms with E-state index in [9.17, 15) is 0 Å². The smallest absolute Gasteiger partial charge is 0.126 e. The molecule has 84 valence electrons. The Bertz CT molecular complexity index is 453. The second-order valence-corrected chi connectivity index (χ2v) is 3.77. The molecule has 0 atom stereocenters. The van der Waals surface area contributed by atoms with E-state index in [-0.39, 0.29) is 0 Å². The van der Waals surface area contributed by atoms with Crippen molar-refractivity contribution in [1.29, 1.82) is 0 Å². The molecule has 0 aliphatic rings. The highest BCUT2D eigenvalue weighted by Crippen LogP contribution is 2.17. The molecule has 2 aromatic rings. The number of hydrogen-bond acceptors (Lipinski definition) is 3. The predicted molar refractivity (Wildman–Crippen MR) is 64.7 cm³/mol. The molecule has 0 aliphatic heterocycles. The van der Waals surface area contributed by atoms with Gasteiger partial charge in [0, 0.05) is 18.9 Å². The molecule has 0 amide bonds. The molecule has 0 unspecified atom stereocenters. The first-order valence-corrected chi connectivity index (χ1v) is 5.54. The van der Waals surface area contributed by atoms with Crippen LogP contribution in [0.25, 0.3) is 0 Å². The zero-order valence-electron chi connectivity index (χ0n) is 9.02. The van der Waals surface area contributed by atoms with E-state index in [0.717, 1.165) is 18.1 Å². The van der Waals surface area contributed by atoms with Gasteiger partial charge in [0.25, 0.3) is 0 Å². The molecule has 0 bridgehead atoms. The van der Waals surface area contributed by atoms with Crippen LogP contribution < -0.4 is 5.32 Å². The largest absolute Gasteiger partial charge is 0.370 e. The Balaban J connectivity index is 2.21. The first-order chi connectivity index (χ1) is 7.79. The minimum atomic E-state index is 0.588. The lowest BCUT2D eigenvalue weighted by Gasteiger charge is -2.07. The van der Waals surface area contributed by atoms with Gasteiger partial charge in [0.05, 0.1) is 17.3 Å². The van der Waals surface area contributed by atoms with Crippen molar-refractivity contribution in [2.24, 2.45) is 0 Å². The lowest BCUT2D eigenvalue weighted by atomic mass is 10.3. The SMILES string of the molecule is CCNc1ccc(Cl)c(Cn2cccn2)n1. The van der Waals surface area contributed by atoms with Crippen molar-refractivity contribution in [2.45, 2.75) is 13.5 Å². The predicted octanol–water partition coefficient (Wildman–Crippen LogP) is 2.41. The summed E-state index contributed by atoms with van der Waals surface area (Å²) in [6.07, 6.45) is 3.62. The van der Waals surface area contributed by atoms with Crippen LogP contribution in [0, 0.1) is 0 Å². The number of pyridine rings is 1. The zero-order chi connectivity index (χ0) is 11.4. The summed E-state index contributed by atoms with van der Waals surface area (Å²) in [5.74, 6) is 0.842. The Morgan fingerprint density at radius 2 is 2.31 bits per heavy atom. The summed E-state index contributed by atoms with van der Waals surface area (Å²) in [5, 5.41) is 7.95. The van der Waals surface area contributed by atoms with E-state index >= 15 is 0 Å². The third-order valence-corrected chi connectivity index (χ3v) is 2.49. The van der Waals surface area contributed by atoms with E-state index < -0.39 is 0 Å². The molecule has 0 fully saturated rings. The van der Waals surface area contributed by atoms with Crippen molar-refractivity contribution < 1.29 is 0 Å². The lowest BCUT2D eigenvalue weighted by Crippen LogP contribution is -2.06. The van der Waals surface area contributed by atoms with Gasteiger partial charge in [-0.15, -0.1) is 0 Å². The lowest BCUT2D eigenvalue weighted by molar-refractivity contribution is 0.673. The van der Waals surface area contributed by atoms with Crippen molar-refractivity contribution in [1.82, 2.24) is 14.8 Å². The Morgan fingerprint density at radius 3 is 3.00 bits per heavy atom. The second-order valence-electron chi connectivity index (χ2n) is 3.36. The van der Waals surface area contributed by atoms with Gasteiger partial charge in [0.2, 0.25) is 0 Å². The van der Waals surface area contributed by atoms with Crippen LogP contribution in [0.5, 0.6) is 0 Å².